The van der Waals surface area contributed by atoms with E-state index in [4.69, 9.17) is 0 Å². The summed E-state index contributed by atoms with van der Waals surface area (Å²) in [5, 5.41) is 17.2. The first kappa shape index (κ1) is 11.7. The van der Waals surface area contributed by atoms with Gasteiger partial charge in [0.25, 0.3) is 5.69 Å². The maximum atomic E-state index is 10.9. The molecule has 0 unspecified atom stereocenters. The number of rotatable bonds is 3. The lowest BCUT2D eigenvalue weighted by molar-refractivity contribution is -0.383. The minimum absolute atomic E-state index is 0.149. The molecule has 0 aliphatic heterocycles. The first-order valence-corrected chi connectivity index (χ1v) is 4.99. The molecule has 0 radical (unpaired) electrons. The van der Waals surface area contributed by atoms with Gasteiger partial charge in [-0.05, 0) is 12.1 Å². The van der Waals surface area contributed by atoms with E-state index in [-0.39, 0.29) is 17.3 Å². The second kappa shape index (κ2) is 4.62. The number of benzene rings is 1. The van der Waals surface area contributed by atoms with Crippen molar-refractivity contribution >= 4 is 17.3 Å². The molecular weight excluding hydrogens is 238 g/mol. The van der Waals surface area contributed by atoms with Crippen LogP contribution in [0.25, 0.3) is 5.69 Å². The number of nitro benzene ring substituents is 1. The van der Waals surface area contributed by atoms with E-state index in [1.807, 2.05) is 0 Å². The average molecular weight is 247 g/mol. The maximum Gasteiger partial charge on any atom is 0.294 e. The van der Waals surface area contributed by atoms with E-state index in [1.165, 1.54) is 36.4 Å². The Morgan fingerprint density at radius 3 is 2.83 bits per heavy atom. The van der Waals surface area contributed by atoms with Gasteiger partial charge in [0.2, 0.25) is 5.91 Å². The third kappa shape index (κ3) is 2.32. The highest BCUT2D eigenvalue weighted by atomic mass is 16.6. The molecule has 0 aliphatic rings. The van der Waals surface area contributed by atoms with E-state index in [0.717, 1.165) is 0 Å². The molecule has 0 atom stereocenters. The first-order valence-electron chi connectivity index (χ1n) is 4.99. The number of nitrogens with zero attached hydrogens (tertiary/aromatic N) is 4. The molecule has 8 heteroatoms. The Kier molecular flexibility index (Phi) is 3.00. The van der Waals surface area contributed by atoms with Crippen molar-refractivity contribution in [3.63, 3.8) is 0 Å². The van der Waals surface area contributed by atoms with Crippen molar-refractivity contribution in [3.05, 3.63) is 41.0 Å². The first-order chi connectivity index (χ1) is 8.58. The quantitative estimate of drug-likeness (QED) is 0.646. The van der Waals surface area contributed by atoms with E-state index in [2.05, 4.69) is 15.4 Å². The smallest absolute Gasteiger partial charge is 0.294 e. The molecule has 0 bridgehead atoms. The molecule has 92 valence electrons. The van der Waals surface area contributed by atoms with Gasteiger partial charge in [0.05, 0.1) is 10.6 Å². The molecule has 0 aliphatic carbocycles. The number of hydrogen-bond donors (Lipinski definition) is 1. The predicted octanol–water partition coefficient (Wildman–Crippen LogP) is 1.13. The van der Waals surface area contributed by atoms with Gasteiger partial charge in [0.1, 0.15) is 18.3 Å². The largest absolute Gasteiger partial charge is 0.321 e. The van der Waals surface area contributed by atoms with Crippen LogP contribution in [-0.4, -0.2) is 25.6 Å². The van der Waals surface area contributed by atoms with E-state index in [0.29, 0.717) is 5.69 Å². The number of carbonyl (C=O) groups is 1. The van der Waals surface area contributed by atoms with Crippen LogP contribution < -0.4 is 5.32 Å². The molecule has 2 aromatic rings. The van der Waals surface area contributed by atoms with Gasteiger partial charge < -0.3 is 5.32 Å². The zero-order chi connectivity index (χ0) is 13.1. The van der Waals surface area contributed by atoms with Crippen molar-refractivity contribution in [1.82, 2.24) is 14.8 Å². The number of nitro groups is 1. The van der Waals surface area contributed by atoms with E-state index < -0.39 is 4.92 Å². The van der Waals surface area contributed by atoms with Crippen LogP contribution in [0.1, 0.15) is 6.92 Å². The van der Waals surface area contributed by atoms with Gasteiger partial charge in [0, 0.05) is 13.0 Å². The molecule has 1 aromatic heterocycles. The minimum Gasteiger partial charge on any atom is -0.321 e. The third-order valence-corrected chi connectivity index (χ3v) is 2.17. The zero-order valence-electron chi connectivity index (χ0n) is 9.40. The molecule has 1 amide bonds. The Hall–Kier alpha value is -2.77. The topological polar surface area (TPSA) is 103 Å². The van der Waals surface area contributed by atoms with Crippen molar-refractivity contribution in [2.75, 3.05) is 5.32 Å². The summed E-state index contributed by atoms with van der Waals surface area (Å²) in [4.78, 5) is 25.1. The van der Waals surface area contributed by atoms with Crippen LogP contribution >= 0.6 is 0 Å². The second-order valence-electron chi connectivity index (χ2n) is 3.48. The molecule has 0 saturated heterocycles. The fraction of sp³-hybridized carbons (Fsp3) is 0.100. The highest BCUT2D eigenvalue weighted by Gasteiger charge is 2.16. The van der Waals surface area contributed by atoms with Crippen molar-refractivity contribution in [2.45, 2.75) is 6.92 Å². The molecule has 0 fully saturated rings. The molecule has 1 aromatic carbocycles. The predicted molar refractivity (Wildman–Crippen MR) is 62.3 cm³/mol. The standard InChI is InChI=1S/C10H9N5O3/c1-7(16)13-9-3-2-8(4-10(9)15(17)18)14-6-11-5-12-14/h2-6H,1H3,(H,13,16). The van der Waals surface area contributed by atoms with Crippen LogP contribution in [0.4, 0.5) is 11.4 Å². The van der Waals surface area contributed by atoms with Gasteiger partial charge in [-0.25, -0.2) is 9.67 Å². The van der Waals surface area contributed by atoms with Crippen molar-refractivity contribution in [3.8, 4) is 5.69 Å². The monoisotopic (exact) mass is 247 g/mol. The van der Waals surface area contributed by atoms with Gasteiger partial charge in [-0.15, -0.1) is 0 Å². The lowest BCUT2D eigenvalue weighted by Gasteiger charge is -2.05. The van der Waals surface area contributed by atoms with E-state index >= 15 is 0 Å². The molecular formula is C10H9N5O3. The molecule has 8 nitrogen and oxygen atoms in total. The summed E-state index contributed by atoms with van der Waals surface area (Å²) in [6.45, 7) is 1.29. The summed E-state index contributed by atoms with van der Waals surface area (Å²) in [7, 11) is 0. The second-order valence-corrected chi connectivity index (χ2v) is 3.48. The fourth-order valence-corrected chi connectivity index (χ4v) is 1.45. The summed E-state index contributed by atoms with van der Waals surface area (Å²) in [5.74, 6) is -0.369. The fourth-order valence-electron chi connectivity index (χ4n) is 1.45. The SMILES string of the molecule is CC(=O)Nc1ccc(-n2cncn2)cc1[N+](=O)[O-]. The number of nitrogens with one attached hydrogen (secondary N) is 1. The Morgan fingerprint density at radius 2 is 2.28 bits per heavy atom. The Morgan fingerprint density at radius 1 is 1.50 bits per heavy atom. The van der Waals surface area contributed by atoms with Gasteiger partial charge in [0.15, 0.2) is 0 Å². The molecule has 1 N–H and O–H groups in total. The van der Waals surface area contributed by atoms with Crippen molar-refractivity contribution in [2.24, 2.45) is 0 Å². The summed E-state index contributed by atoms with van der Waals surface area (Å²) >= 11 is 0. The number of aromatic nitrogens is 3. The van der Waals surface area contributed by atoms with Gasteiger partial charge in [-0.2, -0.15) is 5.10 Å². The van der Waals surface area contributed by atoms with E-state index in [9.17, 15) is 14.9 Å². The highest BCUT2D eigenvalue weighted by molar-refractivity contribution is 5.91. The van der Waals surface area contributed by atoms with Crippen LogP contribution in [0.15, 0.2) is 30.9 Å². The van der Waals surface area contributed by atoms with Crippen LogP contribution in [0.2, 0.25) is 0 Å². The number of hydrogen-bond acceptors (Lipinski definition) is 5. The minimum atomic E-state index is -0.564. The third-order valence-electron chi connectivity index (χ3n) is 2.17. The molecule has 18 heavy (non-hydrogen) atoms. The summed E-state index contributed by atoms with van der Waals surface area (Å²) in [6, 6.07) is 4.38. The summed E-state index contributed by atoms with van der Waals surface area (Å²) < 4.78 is 1.39. The van der Waals surface area contributed by atoms with Crippen LogP contribution in [-0.2, 0) is 4.79 Å². The van der Waals surface area contributed by atoms with E-state index in [1.54, 1.807) is 6.07 Å². The molecule has 2 rings (SSSR count). The van der Waals surface area contributed by atoms with Gasteiger partial charge >= 0.3 is 0 Å². The molecule has 0 spiro atoms. The van der Waals surface area contributed by atoms with Crippen molar-refractivity contribution < 1.29 is 9.72 Å². The van der Waals surface area contributed by atoms with Gasteiger partial charge in [-0.3, -0.25) is 14.9 Å². The Balaban J connectivity index is 2.46. The summed E-state index contributed by atoms with van der Waals surface area (Å²) in [5.41, 5.74) is 0.447. The van der Waals surface area contributed by atoms with Crippen LogP contribution in [0, 0.1) is 10.1 Å². The van der Waals surface area contributed by atoms with Crippen molar-refractivity contribution in [1.29, 1.82) is 0 Å². The molecule has 1 heterocycles. The highest BCUT2D eigenvalue weighted by Crippen LogP contribution is 2.26. The zero-order valence-corrected chi connectivity index (χ0v) is 9.40. The Bertz CT molecular complexity index is 594. The number of anilines is 1. The number of amides is 1. The lowest BCUT2D eigenvalue weighted by Crippen LogP contribution is -2.08. The average Bonchev–Trinajstić information content (AvgIpc) is 2.82. The van der Waals surface area contributed by atoms with Crippen LogP contribution in [0.5, 0.6) is 0 Å². The summed E-state index contributed by atoms with van der Waals surface area (Å²) in [6.07, 6.45) is 2.75. The number of carbonyl (C=O) groups excluding carboxylic acids is 1. The maximum absolute atomic E-state index is 10.9. The van der Waals surface area contributed by atoms with Gasteiger partial charge in [-0.1, -0.05) is 0 Å². The molecule has 0 saturated carbocycles. The van der Waals surface area contributed by atoms with Crippen LogP contribution in [0.3, 0.4) is 0 Å². The Labute approximate surface area is 101 Å². The normalized spacial score (nSPS) is 10.1. The lowest BCUT2D eigenvalue weighted by atomic mass is 10.2.